The van der Waals surface area contributed by atoms with Crippen LogP contribution >= 0.6 is 0 Å². The zero-order valence-electron chi connectivity index (χ0n) is 19.6. The lowest BCUT2D eigenvalue weighted by atomic mass is 9.95. The number of carbonyl (C=O) groups is 2. The molecule has 1 aromatic heterocycles. The van der Waals surface area contributed by atoms with Gasteiger partial charge in [0, 0.05) is 24.5 Å². The van der Waals surface area contributed by atoms with Crippen LogP contribution in [0.4, 0.5) is 4.39 Å². The zero-order valence-corrected chi connectivity index (χ0v) is 19.6. The van der Waals surface area contributed by atoms with Gasteiger partial charge >= 0.3 is 0 Å². The Hall–Kier alpha value is -4.00. The number of hydrogen-bond donors (Lipinski definition) is 1. The molecule has 2 heterocycles. The maximum atomic E-state index is 13.5. The van der Waals surface area contributed by atoms with Gasteiger partial charge in [-0.15, -0.1) is 0 Å². The fourth-order valence-electron chi connectivity index (χ4n) is 4.03. The van der Waals surface area contributed by atoms with Crippen molar-refractivity contribution in [1.82, 2.24) is 9.88 Å². The molecule has 1 aliphatic rings. The van der Waals surface area contributed by atoms with E-state index in [2.05, 4.69) is 18.8 Å². The molecule has 0 radical (unpaired) electrons. The highest BCUT2D eigenvalue weighted by Gasteiger charge is 2.46. The van der Waals surface area contributed by atoms with Gasteiger partial charge in [-0.2, -0.15) is 0 Å². The van der Waals surface area contributed by atoms with Gasteiger partial charge in [0.2, 0.25) is 0 Å². The maximum absolute atomic E-state index is 13.5. The largest absolute Gasteiger partial charge is 0.507 e. The molecule has 1 atom stereocenters. The molecule has 0 spiro atoms. The normalized spacial score (nSPS) is 17.3. The summed E-state index contributed by atoms with van der Waals surface area (Å²) in [5.74, 6) is -1.26. The number of aromatic nitrogens is 1. The van der Waals surface area contributed by atoms with E-state index in [0.29, 0.717) is 23.8 Å². The molecule has 7 heteroatoms. The van der Waals surface area contributed by atoms with Crippen LogP contribution in [-0.2, 0) is 16.1 Å². The van der Waals surface area contributed by atoms with Crippen LogP contribution in [0.1, 0.15) is 43.0 Å². The van der Waals surface area contributed by atoms with Crippen molar-refractivity contribution in [3.63, 3.8) is 0 Å². The summed E-state index contributed by atoms with van der Waals surface area (Å²) in [6.45, 7) is 4.89. The number of aliphatic hydroxyl groups is 1. The standard InChI is InChI=1S/C28H27FN2O4/c1-18(2)12-14-35-23-7-3-6-21(15-23)25-24(26(32)20-8-10-22(29)11-9-20)27(33)28(34)31(25)17-19-5-4-13-30-16-19/h3-11,13,15-16,18,25,32H,12,14,17H2,1-2H3/b26-24-. The molecule has 1 amide bonds. The molecular weight excluding hydrogens is 447 g/mol. The fourth-order valence-corrected chi connectivity index (χ4v) is 4.03. The highest BCUT2D eigenvalue weighted by Crippen LogP contribution is 2.41. The third kappa shape index (κ3) is 5.40. The molecule has 2 aromatic carbocycles. The summed E-state index contributed by atoms with van der Waals surface area (Å²) in [4.78, 5) is 31.8. The topological polar surface area (TPSA) is 79.7 Å². The number of ether oxygens (including phenoxy) is 1. The van der Waals surface area contributed by atoms with Crippen molar-refractivity contribution >= 4 is 17.4 Å². The molecule has 4 rings (SSSR count). The van der Waals surface area contributed by atoms with Gasteiger partial charge in [0.1, 0.15) is 17.3 Å². The van der Waals surface area contributed by atoms with E-state index in [-0.39, 0.29) is 23.4 Å². The Labute approximate surface area is 203 Å². The predicted octanol–water partition coefficient (Wildman–Crippen LogP) is 5.27. The minimum Gasteiger partial charge on any atom is -0.507 e. The maximum Gasteiger partial charge on any atom is 0.295 e. The SMILES string of the molecule is CC(C)CCOc1cccc(C2/C(=C(/O)c3ccc(F)cc3)C(=O)C(=O)N2Cc2cccnc2)c1. The van der Waals surface area contributed by atoms with Crippen LogP contribution in [0, 0.1) is 11.7 Å². The number of hydrogen-bond acceptors (Lipinski definition) is 5. The second kappa shape index (κ2) is 10.5. The van der Waals surface area contributed by atoms with Crippen LogP contribution in [0.3, 0.4) is 0 Å². The third-order valence-corrected chi connectivity index (χ3v) is 5.87. The summed E-state index contributed by atoms with van der Waals surface area (Å²) in [5, 5.41) is 11.1. The smallest absolute Gasteiger partial charge is 0.295 e. The summed E-state index contributed by atoms with van der Waals surface area (Å²) in [6, 6.07) is 15.0. The van der Waals surface area contributed by atoms with Gasteiger partial charge < -0.3 is 14.7 Å². The molecule has 0 bridgehead atoms. The first kappa shape index (κ1) is 24.1. The molecule has 180 valence electrons. The lowest BCUT2D eigenvalue weighted by Crippen LogP contribution is -2.29. The van der Waals surface area contributed by atoms with E-state index in [1.807, 2.05) is 12.1 Å². The van der Waals surface area contributed by atoms with Gasteiger partial charge in [-0.3, -0.25) is 14.6 Å². The Morgan fingerprint density at radius 3 is 2.57 bits per heavy atom. The van der Waals surface area contributed by atoms with E-state index in [1.165, 1.54) is 29.2 Å². The van der Waals surface area contributed by atoms with Gasteiger partial charge in [-0.25, -0.2) is 4.39 Å². The molecule has 3 aromatic rings. The van der Waals surface area contributed by atoms with Crippen LogP contribution in [0.15, 0.2) is 78.6 Å². The number of benzene rings is 2. The van der Waals surface area contributed by atoms with Gasteiger partial charge in [0.25, 0.3) is 11.7 Å². The monoisotopic (exact) mass is 474 g/mol. The summed E-state index contributed by atoms with van der Waals surface area (Å²) in [5.41, 5.74) is 1.56. The van der Waals surface area contributed by atoms with E-state index < -0.39 is 23.5 Å². The number of aliphatic hydroxyl groups excluding tert-OH is 1. The summed E-state index contributed by atoms with van der Waals surface area (Å²) >= 11 is 0. The average Bonchev–Trinajstić information content (AvgIpc) is 3.09. The lowest BCUT2D eigenvalue weighted by molar-refractivity contribution is -0.140. The van der Waals surface area contributed by atoms with Crippen molar-refractivity contribution in [3.8, 4) is 5.75 Å². The van der Waals surface area contributed by atoms with Crippen LogP contribution in [0.5, 0.6) is 5.75 Å². The van der Waals surface area contributed by atoms with Gasteiger partial charge in [-0.05, 0) is 65.9 Å². The lowest BCUT2D eigenvalue weighted by Gasteiger charge is -2.25. The molecule has 35 heavy (non-hydrogen) atoms. The average molecular weight is 475 g/mol. The quantitative estimate of drug-likeness (QED) is 0.273. The summed E-state index contributed by atoms with van der Waals surface area (Å²) in [6.07, 6.45) is 4.14. The van der Waals surface area contributed by atoms with Crippen molar-refractivity contribution in [3.05, 3.63) is 101 Å². The Morgan fingerprint density at radius 1 is 1.11 bits per heavy atom. The molecule has 1 saturated heterocycles. The summed E-state index contributed by atoms with van der Waals surface area (Å²) in [7, 11) is 0. The number of likely N-dealkylation sites (tertiary alicyclic amines) is 1. The van der Waals surface area contributed by atoms with Crippen molar-refractivity contribution in [2.75, 3.05) is 6.61 Å². The zero-order chi connectivity index (χ0) is 24.9. The number of Topliss-reactive ketones (excluding diaryl/α,β-unsaturated/α-hetero) is 1. The van der Waals surface area contributed by atoms with Crippen molar-refractivity contribution in [2.45, 2.75) is 32.9 Å². The van der Waals surface area contributed by atoms with Gasteiger partial charge in [0.15, 0.2) is 0 Å². The van der Waals surface area contributed by atoms with Crippen LogP contribution in [0.2, 0.25) is 0 Å². The Balaban J connectivity index is 1.78. The molecule has 0 aliphatic carbocycles. The second-order valence-electron chi connectivity index (χ2n) is 8.90. The molecule has 1 unspecified atom stereocenters. The first-order chi connectivity index (χ1) is 16.8. The van der Waals surface area contributed by atoms with Crippen LogP contribution in [0.25, 0.3) is 5.76 Å². The molecule has 1 N–H and O–H groups in total. The second-order valence-corrected chi connectivity index (χ2v) is 8.90. The molecule has 0 saturated carbocycles. The Bertz CT molecular complexity index is 1240. The Kier molecular flexibility index (Phi) is 7.25. The minimum absolute atomic E-state index is 0.0511. The molecular formula is C28H27FN2O4. The number of nitrogens with zero attached hydrogens (tertiary/aromatic N) is 2. The minimum atomic E-state index is -0.853. The third-order valence-electron chi connectivity index (χ3n) is 5.87. The van der Waals surface area contributed by atoms with E-state index in [0.717, 1.165) is 12.0 Å². The van der Waals surface area contributed by atoms with E-state index in [9.17, 15) is 19.1 Å². The number of ketones is 1. The van der Waals surface area contributed by atoms with E-state index >= 15 is 0 Å². The number of pyridine rings is 1. The highest BCUT2D eigenvalue weighted by atomic mass is 19.1. The highest BCUT2D eigenvalue weighted by molar-refractivity contribution is 6.46. The van der Waals surface area contributed by atoms with Crippen molar-refractivity contribution < 1.29 is 23.8 Å². The summed E-state index contributed by atoms with van der Waals surface area (Å²) < 4.78 is 19.4. The Morgan fingerprint density at radius 2 is 1.89 bits per heavy atom. The molecule has 1 aliphatic heterocycles. The van der Waals surface area contributed by atoms with E-state index in [4.69, 9.17) is 4.74 Å². The number of rotatable bonds is 8. The number of amides is 1. The predicted molar refractivity (Wildman–Crippen MR) is 130 cm³/mol. The molecule has 1 fully saturated rings. The molecule has 6 nitrogen and oxygen atoms in total. The van der Waals surface area contributed by atoms with Crippen molar-refractivity contribution in [2.24, 2.45) is 5.92 Å². The first-order valence-electron chi connectivity index (χ1n) is 11.5. The number of halogens is 1. The van der Waals surface area contributed by atoms with Crippen LogP contribution < -0.4 is 4.74 Å². The van der Waals surface area contributed by atoms with Crippen molar-refractivity contribution in [1.29, 1.82) is 0 Å². The van der Waals surface area contributed by atoms with Crippen LogP contribution in [-0.4, -0.2) is 33.3 Å². The number of carbonyl (C=O) groups excluding carboxylic acids is 2. The van der Waals surface area contributed by atoms with Gasteiger partial charge in [-0.1, -0.05) is 32.0 Å². The van der Waals surface area contributed by atoms with Gasteiger partial charge in [0.05, 0.1) is 18.2 Å². The fraction of sp³-hybridized carbons (Fsp3) is 0.250. The van der Waals surface area contributed by atoms with E-state index in [1.54, 1.807) is 36.7 Å². The first-order valence-corrected chi connectivity index (χ1v) is 11.5.